The Hall–Kier alpha value is -3.90. The predicted molar refractivity (Wildman–Crippen MR) is 146 cm³/mol. The molecule has 6 nitrogen and oxygen atoms in total. The molecule has 0 atom stereocenters. The summed E-state index contributed by atoms with van der Waals surface area (Å²) < 4.78 is 0. The fourth-order valence-corrected chi connectivity index (χ4v) is 3.53. The van der Waals surface area contributed by atoms with Crippen LogP contribution in [0.5, 0.6) is 0 Å². The number of nitrogens with one attached hydrogen (secondary N) is 5. The molecule has 176 valence electrons. The summed E-state index contributed by atoms with van der Waals surface area (Å²) in [4.78, 5) is 4.37. The van der Waals surface area contributed by atoms with Crippen LogP contribution in [0.2, 0.25) is 0 Å². The van der Waals surface area contributed by atoms with E-state index in [9.17, 15) is 0 Å². The summed E-state index contributed by atoms with van der Waals surface area (Å²) >= 11 is 0. The molecule has 1 aliphatic heterocycles. The van der Waals surface area contributed by atoms with E-state index in [1.165, 1.54) is 11.1 Å². The standard InChI is InChI=1S/C28H34N6/c1-18-7-8-23(15-19(18)2)27-11-12-32-28(34-27)17-26(29)22(5)33-24-9-10-25(20(3)16-24)21(4)31-14-13-30-6/h7-12,15-17,29-31,33-34H,4-5,13-14H2,1-3,6H3/b28-17-,29-26?. The van der Waals surface area contributed by atoms with Crippen molar-refractivity contribution in [2.45, 2.75) is 20.8 Å². The third-order valence-corrected chi connectivity index (χ3v) is 5.70. The Morgan fingerprint density at radius 3 is 2.53 bits per heavy atom. The minimum Gasteiger partial charge on any atom is -0.384 e. The van der Waals surface area contributed by atoms with Crippen LogP contribution in [-0.4, -0.2) is 32.1 Å². The first-order chi connectivity index (χ1) is 16.3. The van der Waals surface area contributed by atoms with Crippen molar-refractivity contribution in [2.75, 3.05) is 25.5 Å². The van der Waals surface area contributed by atoms with Crippen molar-refractivity contribution in [2.24, 2.45) is 4.99 Å². The molecule has 34 heavy (non-hydrogen) atoms. The largest absolute Gasteiger partial charge is 0.384 e. The summed E-state index contributed by atoms with van der Waals surface area (Å²) in [6, 6.07) is 12.4. The normalized spacial score (nSPS) is 13.8. The Bertz CT molecular complexity index is 1200. The van der Waals surface area contributed by atoms with Crippen LogP contribution >= 0.6 is 0 Å². The number of nitrogens with zero attached hydrogens (tertiary/aromatic N) is 1. The summed E-state index contributed by atoms with van der Waals surface area (Å²) in [5.74, 6) is 0.596. The molecule has 0 bridgehead atoms. The van der Waals surface area contributed by atoms with Crippen LogP contribution in [0, 0.1) is 26.2 Å². The molecule has 0 aliphatic carbocycles. The second kappa shape index (κ2) is 11.3. The van der Waals surface area contributed by atoms with Crippen LogP contribution in [0.15, 0.2) is 78.2 Å². The number of rotatable bonds is 10. The topological polar surface area (TPSA) is 84.3 Å². The fraction of sp³-hybridized carbons (Fsp3) is 0.214. The third-order valence-electron chi connectivity index (χ3n) is 5.70. The molecule has 0 amide bonds. The van der Waals surface area contributed by atoms with E-state index >= 15 is 0 Å². The zero-order valence-corrected chi connectivity index (χ0v) is 20.5. The van der Waals surface area contributed by atoms with E-state index in [0.29, 0.717) is 11.5 Å². The third kappa shape index (κ3) is 6.33. The molecule has 0 spiro atoms. The zero-order valence-electron chi connectivity index (χ0n) is 20.5. The first-order valence-corrected chi connectivity index (χ1v) is 11.3. The van der Waals surface area contributed by atoms with Gasteiger partial charge in [0, 0.05) is 48.0 Å². The van der Waals surface area contributed by atoms with Gasteiger partial charge in [-0.05, 0) is 74.3 Å². The number of hydrogen-bond donors (Lipinski definition) is 5. The van der Waals surface area contributed by atoms with E-state index in [1.54, 1.807) is 12.3 Å². The molecule has 0 radical (unpaired) electrons. The maximum Gasteiger partial charge on any atom is 0.132 e. The molecule has 1 heterocycles. The minimum absolute atomic E-state index is 0.251. The Labute approximate surface area is 202 Å². The lowest BCUT2D eigenvalue weighted by Crippen LogP contribution is -2.23. The molecular weight excluding hydrogens is 420 g/mol. The zero-order chi connectivity index (χ0) is 24.7. The van der Waals surface area contributed by atoms with Gasteiger partial charge in [0.25, 0.3) is 0 Å². The van der Waals surface area contributed by atoms with Crippen LogP contribution in [0.25, 0.3) is 11.4 Å². The lowest BCUT2D eigenvalue weighted by atomic mass is 10.0. The number of likely N-dealkylation sites (N-methyl/N-ethyl adjacent to an activating group) is 1. The van der Waals surface area contributed by atoms with Crippen LogP contribution in [0.4, 0.5) is 5.69 Å². The number of anilines is 1. The molecule has 0 aromatic heterocycles. The second-order valence-corrected chi connectivity index (χ2v) is 8.37. The smallest absolute Gasteiger partial charge is 0.132 e. The highest BCUT2D eigenvalue weighted by Crippen LogP contribution is 2.22. The van der Waals surface area contributed by atoms with E-state index in [-0.39, 0.29) is 5.71 Å². The number of benzene rings is 2. The van der Waals surface area contributed by atoms with E-state index < -0.39 is 0 Å². The van der Waals surface area contributed by atoms with Crippen molar-refractivity contribution >= 4 is 29.0 Å². The molecule has 5 N–H and O–H groups in total. The molecule has 0 unspecified atom stereocenters. The van der Waals surface area contributed by atoms with E-state index in [1.807, 2.05) is 38.2 Å². The number of aliphatic imine (C=N–C) groups is 1. The van der Waals surface area contributed by atoms with Gasteiger partial charge in [-0.25, -0.2) is 4.99 Å². The maximum absolute atomic E-state index is 8.47. The van der Waals surface area contributed by atoms with Gasteiger partial charge >= 0.3 is 0 Å². The lowest BCUT2D eigenvalue weighted by molar-refractivity contribution is 0.749. The molecule has 6 heteroatoms. The van der Waals surface area contributed by atoms with Gasteiger partial charge in [-0.1, -0.05) is 31.4 Å². The molecule has 0 saturated heterocycles. The van der Waals surface area contributed by atoms with Crippen LogP contribution in [0.3, 0.4) is 0 Å². The van der Waals surface area contributed by atoms with Crippen molar-refractivity contribution < 1.29 is 0 Å². The lowest BCUT2D eigenvalue weighted by Gasteiger charge is -2.17. The van der Waals surface area contributed by atoms with Gasteiger partial charge in [0.1, 0.15) is 5.82 Å². The monoisotopic (exact) mass is 454 g/mol. The van der Waals surface area contributed by atoms with Crippen LogP contribution in [0.1, 0.15) is 27.8 Å². The highest BCUT2D eigenvalue weighted by Gasteiger charge is 2.10. The fourth-order valence-electron chi connectivity index (χ4n) is 3.53. The second-order valence-electron chi connectivity index (χ2n) is 8.37. The van der Waals surface area contributed by atoms with E-state index in [0.717, 1.165) is 46.9 Å². The molecule has 1 aliphatic rings. The first kappa shape index (κ1) is 24.7. The summed E-state index contributed by atoms with van der Waals surface area (Å²) in [5.41, 5.74) is 9.18. The molecular formula is C28H34N6. The summed E-state index contributed by atoms with van der Waals surface area (Å²) in [5, 5.41) is 21.4. The van der Waals surface area contributed by atoms with Gasteiger partial charge in [0.2, 0.25) is 0 Å². The summed E-state index contributed by atoms with van der Waals surface area (Å²) in [6.07, 6.45) is 5.36. The Morgan fingerprint density at radius 1 is 1.03 bits per heavy atom. The van der Waals surface area contributed by atoms with Gasteiger partial charge in [-0.15, -0.1) is 0 Å². The molecule has 2 aromatic carbocycles. The highest BCUT2D eigenvalue weighted by atomic mass is 15.1. The quantitative estimate of drug-likeness (QED) is 0.261. The first-order valence-electron chi connectivity index (χ1n) is 11.3. The number of aryl methyl sites for hydroxylation is 3. The Morgan fingerprint density at radius 2 is 1.82 bits per heavy atom. The average Bonchev–Trinajstić information content (AvgIpc) is 2.81. The van der Waals surface area contributed by atoms with Crippen LogP contribution < -0.4 is 21.3 Å². The molecule has 0 saturated carbocycles. The van der Waals surface area contributed by atoms with Crippen molar-refractivity contribution in [3.05, 3.63) is 101 Å². The van der Waals surface area contributed by atoms with Gasteiger partial charge in [-0.2, -0.15) is 0 Å². The maximum atomic E-state index is 8.47. The summed E-state index contributed by atoms with van der Waals surface area (Å²) in [7, 11) is 1.92. The number of hydrogen-bond acceptors (Lipinski definition) is 6. The number of allylic oxidation sites excluding steroid dienone is 2. The van der Waals surface area contributed by atoms with Crippen LogP contribution in [-0.2, 0) is 0 Å². The predicted octanol–water partition coefficient (Wildman–Crippen LogP) is 4.89. The molecule has 2 aromatic rings. The van der Waals surface area contributed by atoms with Gasteiger partial charge < -0.3 is 21.3 Å². The van der Waals surface area contributed by atoms with E-state index in [4.69, 9.17) is 5.41 Å². The van der Waals surface area contributed by atoms with Crippen molar-refractivity contribution in [3.8, 4) is 0 Å². The summed E-state index contributed by atoms with van der Waals surface area (Å²) in [6.45, 7) is 16.1. The average molecular weight is 455 g/mol. The molecule has 0 fully saturated rings. The highest BCUT2D eigenvalue weighted by molar-refractivity contribution is 6.08. The van der Waals surface area contributed by atoms with Crippen molar-refractivity contribution in [3.63, 3.8) is 0 Å². The Balaban J connectivity index is 1.63. The van der Waals surface area contributed by atoms with Gasteiger partial charge in [0.15, 0.2) is 0 Å². The van der Waals surface area contributed by atoms with Gasteiger partial charge in [-0.3, -0.25) is 5.41 Å². The SMILES string of the molecule is C=C(Nc1ccc(C(=C)NCCNC)c(C)c1)C(=N)/C=C1/N=CC=C(c2ccc(C)c(C)c2)N1. The minimum atomic E-state index is 0.251. The van der Waals surface area contributed by atoms with E-state index in [2.05, 4.69) is 71.5 Å². The molecule has 3 rings (SSSR count). The van der Waals surface area contributed by atoms with Crippen molar-refractivity contribution in [1.82, 2.24) is 16.0 Å². The van der Waals surface area contributed by atoms with Gasteiger partial charge in [0.05, 0.1) is 11.4 Å². The Kier molecular flexibility index (Phi) is 8.22. The van der Waals surface area contributed by atoms with Crippen molar-refractivity contribution in [1.29, 1.82) is 5.41 Å².